The second-order valence-corrected chi connectivity index (χ2v) is 4.10. The van der Waals surface area contributed by atoms with Crippen LogP contribution >= 0.6 is 0 Å². The molecule has 0 heterocycles. The van der Waals surface area contributed by atoms with E-state index in [0.717, 1.165) is 6.42 Å². The molecule has 0 aliphatic rings. The van der Waals surface area contributed by atoms with Crippen molar-refractivity contribution >= 4 is 0 Å². The van der Waals surface area contributed by atoms with Gasteiger partial charge >= 0.3 is 0 Å². The summed E-state index contributed by atoms with van der Waals surface area (Å²) in [4.78, 5) is 0. The molecule has 0 spiro atoms. The molecular weight excluding hydrogens is 177 g/mol. The van der Waals surface area contributed by atoms with Crippen molar-refractivity contribution in [2.75, 3.05) is 6.54 Å². The number of benzene rings is 1. The molecule has 1 aromatic carbocycles. The predicted octanol–water partition coefficient (Wildman–Crippen LogP) is 2.61. The van der Waals surface area contributed by atoms with Gasteiger partial charge in [-0.15, -0.1) is 0 Å². The van der Waals surface area contributed by atoms with Gasteiger partial charge in [-0.05, 0) is 32.3 Å². The van der Waals surface area contributed by atoms with Gasteiger partial charge in [0.25, 0.3) is 0 Å². The molecule has 0 aliphatic carbocycles. The number of halogens is 1. The van der Waals surface area contributed by atoms with Crippen LogP contribution in [0.1, 0.15) is 24.5 Å². The summed E-state index contributed by atoms with van der Waals surface area (Å²) in [6.45, 7) is 3.70. The number of hydrogen-bond acceptors (Lipinski definition) is 1. The summed E-state index contributed by atoms with van der Waals surface area (Å²) < 4.78 is 13.5. The van der Waals surface area contributed by atoms with Gasteiger partial charge < -0.3 is 5.73 Å². The largest absolute Gasteiger partial charge is 0.328 e. The van der Waals surface area contributed by atoms with E-state index in [4.69, 9.17) is 5.73 Å². The maximum atomic E-state index is 13.5. The zero-order chi connectivity index (χ0) is 10.6. The minimum Gasteiger partial charge on any atom is -0.328 e. The SMILES string of the molecule is Cc1ccc(CCC(C)(F)CN)cc1. The molecule has 0 amide bonds. The molecule has 0 aliphatic heterocycles. The molecule has 0 fully saturated rings. The van der Waals surface area contributed by atoms with Crippen LogP contribution in [0.3, 0.4) is 0 Å². The Hall–Kier alpha value is -0.890. The van der Waals surface area contributed by atoms with Gasteiger partial charge in [0.2, 0.25) is 0 Å². The summed E-state index contributed by atoms with van der Waals surface area (Å²) in [5.41, 5.74) is 6.49. The van der Waals surface area contributed by atoms with Crippen molar-refractivity contribution in [3.8, 4) is 0 Å². The molecule has 0 radical (unpaired) electrons. The number of aryl methyl sites for hydroxylation is 2. The number of alkyl halides is 1. The van der Waals surface area contributed by atoms with Crippen LogP contribution in [-0.2, 0) is 6.42 Å². The van der Waals surface area contributed by atoms with Crippen LogP contribution in [0.15, 0.2) is 24.3 Å². The first-order chi connectivity index (χ1) is 6.53. The maximum Gasteiger partial charge on any atom is 0.120 e. The second kappa shape index (κ2) is 4.56. The first-order valence-corrected chi connectivity index (χ1v) is 4.98. The third-order valence-electron chi connectivity index (χ3n) is 2.48. The van der Waals surface area contributed by atoms with Crippen LogP contribution in [0.5, 0.6) is 0 Å². The van der Waals surface area contributed by atoms with E-state index < -0.39 is 5.67 Å². The summed E-state index contributed by atoms with van der Waals surface area (Å²) in [7, 11) is 0. The first-order valence-electron chi connectivity index (χ1n) is 4.98. The quantitative estimate of drug-likeness (QED) is 0.785. The monoisotopic (exact) mass is 195 g/mol. The molecule has 1 nitrogen and oxygen atoms in total. The fourth-order valence-electron chi connectivity index (χ4n) is 1.26. The van der Waals surface area contributed by atoms with Gasteiger partial charge in [0.1, 0.15) is 5.67 Å². The van der Waals surface area contributed by atoms with Crippen molar-refractivity contribution < 1.29 is 4.39 Å². The fraction of sp³-hybridized carbons (Fsp3) is 0.500. The van der Waals surface area contributed by atoms with Crippen LogP contribution in [0, 0.1) is 6.92 Å². The lowest BCUT2D eigenvalue weighted by molar-refractivity contribution is 0.186. The van der Waals surface area contributed by atoms with Crippen LogP contribution in [-0.4, -0.2) is 12.2 Å². The summed E-state index contributed by atoms with van der Waals surface area (Å²) in [5, 5.41) is 0. The summed E-state index contributed by atoms with van der Waals surface area (Å²) in [5.74, 6) is 0. The summed E-state index contributed by atoms with van der Waals surface area (Å²) in [6.07, 6.45) is 1.25. The molecule has 2 heteroatoms. The molecule has 1 unspecified atom stereocenters. The van der Waals surface area contributed by atoms with E-state index in [9.17, 15) is 4.39 Å². The Labute approximate surface area is 85.1 Å². The molecule has 1 rings (SSSR count). The molecular formula is C12H18FN. The normalized spacial score (nSPS) is 15.1. The van der Waals surface area contributed by atoms with E-state index in [1.807, 2.05) is 31.2 Å². The van der Waals surface area contributed by atoms with Gasteiger partial charge in [0.05, 0.1) is 0 Å². The third-order valence-corrected chi connectivity index (χ3v) is 2.48. The van der Waals surface area contributed by atoms with Crippen molar-refractivity contribution in [1.29, 1.82) is 0 Å². The molecule has 0 saturated carbocycles. The predicted molar refractivity (Wildman–Crippen MR) is 58.1 cm³/mol. The topological polar surface area (TPSA) is 26.0 Å². The van der Waals surface area contributed by atoms with Crippen LogP contribution in [0.2, 0.25) is 0 Å². The molecule has 0 aromatic heterocycles. The van der Waals surface area contributed by atoms with E-state index in [1.165, 1.54) is 11.1 Å². The van der Waals surface area contributed by atoms with E-state index in [-0.39, 0.29) is 6.54 Å². The Kier molecular flexibility index (Phi) is 3.64. The third kappa shape index (κ3) is 3.46. The fourth-order valence-corrected chi connectivity index (χ4v) is 1.26. The zero-order valence-corrected chi connectivity index (χ0v) is 8.89. The van der Waals surface area contributed by atoms with Gasteiger partial charge in [0, 0.05) is 6.54 Å². The Bertz CT molecular complexity index is 277. The molecule has 2 N–H and O–H groups in total. The van der Waals surface area contributed by atoms with Gasteiger partial charge in [0.15, 0.2) is 0 Å². The minimum atomic E-state index is -1.23. The van der Waals surface area contributed by atoms with Crippen molar-refractivity contribution in [2.24, 2.45) is 5.73 Å². The molecule has 1 atom stereocenters. The second-order valence-electron chi connectivity index (χ2n) is 4.10. The van der Waals surface area contributed by atoms with Crippen molar-refractivity contribution in [2.45, 2.75) is 32.4 Å². The average molecular weight is 195 g/mol. The zero-order valence-electron chi connectivity index (χ0n) is 8.89. The molecule has 14 heavy (non-hydrogen) atoms. The summed E-state index contributed by atoms with van der Waals surface area (Å²) >= 11 is 0. The lowest BCUT2D eigenvalue weighted by Gasteiger charge is -2.17. The number of rotatable bonds is 4. The average Bonchev–Trinajstić information content (AvgIpc) is 2.17. The van der Waals surface area contributed by atoms with Crippen molar-refractivity contribution in [3.05, 3.63) is 35.4 Å². The highest BCUT2D eigenvalue weighted by atomic mass is 19.1. The van der Waals surface area contributed by atoms with Crippen LogP contribution in [0.4, 0.5) is 4.39 Å². The molecule has 1 aromatic rings. The van der Waals surface area contributed by atoms with E-state index in [1.54, 1.807) is 6.92 Å². The highest BCUT2D eigenvalue weighted by molar-refractivity contribution is 5.21. The van der Waals surface area contributed by atoms with Gasteiger partial charge in [-0.1, -0.05) is 29.8 Å². The van der Waals surface area contributed by atoms with Crippen LogP contribution < -0.4 is 5.73 Å². The van der Waals surface area contributed by atoms with E-state index >= 15 is 0 Å². The Balaban J connectivity index is 2.50. The van der Waals surface area contributed by atoms with Crippen LogP contribution in [0.25, 0.3) is 0 Å². The molecule has 78 valence electrons. The highest BCUT2D eigenvalue weighted by Crippen LogP contribution is 2.17. The van der Waals surface area contributed by atoms with Gasteiger partial charge in [-0.3, -0.25) is 0 Å². The minimum absolute atomic E-state index is 0.0961. The molecule has 0 saturated heterocycles. The number of hydrogen-bond donors (Lipinski definition) is 1. The standard InChI is InChI=1S/C12H18FN/c1-10-3-5-11(6-4-10)7-8-12(2,13)9-14/h3-6H,7-9,14H2,1-2H3. The number of nitrogens with two attached hydrogens (primary N) is 1. The Morgan fingerprint density at radius 3 is 2.36 bits per heavy atom. The molecule has 0 bridgehead atoms. The lowest BCUT2D eigenvalue weighted by Crippen LogP contribution is -2.29. The first kappa shape index (κ1) is 11.2. The lowest BCUT2D eigenvalue weighted by atomic mass is 9.98. The van der Waals surface area contributed by atoms with Crippen molar-refractivity contribution in [3.63, 3.8) is 0 Å². The summed E-state index contributed by atoms with van der Waals surface area (Å²) in [6, 6.07) is 8.19. The van der Waals surface area contributed by atoms with E-state index in [0.29, 0.717) is 6.42 Å². The van der Waals surface area contributed by atoms with E-state index in [2.05, 4.69) is 0 Å². The highest BCUT2D eigenvalue weighted by Gasteiger charge is 2.20. The Morgan fingerprint density at radius 2 is 1.86 bits per heavy atom. The van der Waals surface area contributed by atoms with Gasteiger partial charge in [-0.2, -0.15) is 0 Å². The van der Waals surface area contributed by atoms with Crippen molar-refractivity contribution in [1.82, 2.24) is 0 Å². The smallest absolute Gasteiger partial charge is 0.120 e. The maximum absolute atomic E-state index is 13.5. The Morgan fingerprint density at radius 1 is 1.29 bits per heavy atom. The van der Waals surface area contributed by atoms with Gasteiger partial charge in [-0.25, -0.2) is 4.39 Å².